The van der Waals surface area contributed by atoms with Crippen molar-refractivity contribution >= 4 is 34.5 Å². The lowest BCUT2D eigenvalue weighted by molar-refractivity contribution is -0.122. The third-order valence-electron chi connectivity index (χ3n) is 8.16. The van der Waals surface area contributed by atoms with E-state index in [1.165, 1.54) is 6.33 Å². The number of hydrogen-bond donors (Lipinski definition) is 4. The summed E-state index contributed by atoms with van der Waals surface area (Å²) < 4.78 is 23.7. The number of nitrogens with one attached hydrogen (secondary N) is 2. The summed E-state index contributed by atoms with van der Waals surface area (Å²) in [5.41, 5.74) is 2.67. The number of imidazole rings is 1. The Balaban J connectivity index is 1.49. The Hall–Kier alpha value is -4.33. The zero-order valence-corrected chi connectivity index (χ0v) is 26.4. The molecule has 1 aliphatic rings. The van der Waals surface area contributed by atoms with E-state index in [-0.39, 0.29) is 30.0 Å². The normalized spacial score (nSPS) is 19.5. The largest absolute Gasteiger partial charge is 0.493 e. The number of aliphatic hydroxyl groups is 2. The molecule has 1 fully saturated rings. The standard InChI is InChI=1S/C31H37ClN6O7/c1-6-25(39)35-19-13-20(28(41)27(19)40)38-15-34-26-29(36-31(32)37-30(26)38)33-14-18(16-7-9-21(42-2)23(11-16)44-4)17-8-10-22(43-3)24(12-17)45-5/h7-12,15,18-20,27-28,40-41H,6,13-14H2,1-5H3,(H,35,39)(H,33,36,37)/t19-,20+,27+,28-/m0/s1. The van der Waals surface area contributed by atoms with Crippen LogP contribution in [-0.2, 0) is 4.79 Å². The van der Waals surface area contributed by atoms with E-state index in [4.69, 9.17) is 30.5 Å². The minimum atomic E-state index is -1.16. The number of amides is 1. The molecule has 1 amide bonds. The summed E-state index contributed by atoms with van der Waals surface area (Å²) in [6.07, 6.45) is -0.226. The number of rotatable bonds is 12. The molecule has 0 bridgehead atoms. The van der Waals surface area contributed by atoms with Crippen LogP contribution >= 0.6 is 11.6 Å². The molecule has 4 N–H and O–H groups in total. The van der Waals surface area contributed by atoms with E-state index in [1.807, 2.05) is 36.4 Å². The van der Waals surface area contributed by atoms with Crippen molar-refractivity contribution in [3.05, 3.63) is 59.1 Å². The molecule has 240 valence electrons. The number of aromatic nitrogens is 4. The van der Waals surface area contributed by atoms with Gasteiger partial charge in [-0.15, -0.1) is 0 Å². The van der Waals surface area contributed by atoms with Gasteiger partial charge in [0.2, 0.25) is 11.2 Å². The molecule has 4 aromatic rings. The van der Waals surface area contributed by atoms with Crippen LogP contribution in [0.1, 0.15) is 42.9 Å². The zero-order valence-electron chi connectivity index (χ0n) is 25.7. The van der Waals surface area contributed by atoms with E-state index in [9.17, 15) is 15.0 Å². The minimum absolute atomic E-state index is 0.0237. The molecule has 45 heavy (non-hydrogen) atoms. The van der Waals surface area contributed by atoms with Crippen LogP contribution in [0.2, 0.25) is 5.28 Å². The van der Waals surface area contributed by atoms with Gasteiger partial charge in [0.15, 0.2) is 40.0 Å². The number of anilines is 1. The Bertz CT molecular complexity index is 1610. The number of nitrogens with zero attached hydrogens (tertiary/aromatic N) is 4. The van der Waals surface area contributed by atoms with Gasteiger partial charge in [0, 0.05) is 18.9 Å². The number of aliphatic hydroxyl groups excluding tert-OH is 2. The number of carbonyl (C=O) groups excluding carboxylic acids is 1. The van der Waals surface area contributed by atoms with Crippen LogP contribution in [0, 0.1) is 0 Å². The summed E-state index contributed by atoms with van der Waals surface area (Å²) in [5, 5.41) is 27.7. The van der Waals surface area contributed by atoms with Gasteiger partial charge in [-0.05, 0) is 53.4 Å². The molecule has 0 radical (unpaired) electrons. The number of ether oxygens (including phenoxy) is 4. The summed E-state index contributed by atoms with van der Waals surface area (Å²) >= 11 is 6.40. The Morgan fingerprint density at radius 2 is 1.56 bits per heavy atom. The first-order chi connectivity index (χ1) is 21.7. The Morgan fingerprint density at radius 3 is 2.11 bits per heavy atom. The van der Waals surface area contributed by atoms with E-state index < -0.39 is 24.3 Å². The fraction of sp³-hybridized carbons (Fsp3) is 0.419. The van der Waals surface area contributed by atoms with Crippen LogP contribution in [0.25, 0.3) is 11.2 Å². The van der Waals surface area contributed by atoms with Gasteiger partial charge in [-0.2, -0.15) is 9.97 Å². The van der Waals surface area contributed by atoms with Gasteiger partial charge < -0.3 is 44.4 Å². The van der Waals surface area contributed by atoms with Gasteiger partial charge >= 0.3 is 0 Å². The minimum Gasteiger partial charge on any atom is -0.493 e. The average Bonchev–Trinajstić information content (AvgIpc) is 3.60. The number of fused-ring (bicyclic) bond motifs is 1. The van der Waals surface area contributed by atoms with Crippen molar-refractivity contribution in [2.24, 2.45) is 0 Å². The topological polar surface area (TPSA) is 162 Å². The first kappa shape index (κ1) is 32.1. The van der Waals surface area contributed by atoms with Crippen molar-refractivity contribution in [1.82, 2.24) is 24.8 Å². The maximum Gasteiger partial charge on any atom is 0.226 e. The number of carbonyl (C=O) groups is 1. The summed E-state index contributed by atoms with van der Waals surface area (Å²) in [6, 6.07) is 10.2. The second-order valence-electron chi connectivity index (χ2n) is 10.6. The highest BCUT2D eigenvalue weighted by molar-refractivity contribution is 6.28. The van der Waals surface area contributed by atoms with Crippen molar-refractivity contribution in [3.8, 4) is 23.0 Å². The lowest BCUT2D eigenvalue weighted by Gasteiger charge is -2.22. The van der Waals surface area contributed by atoms with Crippen molar-refractivity contribution in [2.75, 3.05) is 40.3 Å². The summed E-state index contributed by atoms with van der Waals surface area (Å²) in [6.45, 7) is 2.08. The summed E-state index contributed by atoms with van der Waals surface area (Å²) in [4.78, 5) is 25.4. The van der Waals surface area contributed by atoms with Gasteiger partial charge in [-0.3, -0.25) is 4.79 Å². The second kappa shape index (κ2) is 13.8. The van der Waals surface area contributed by atoms with Crippen LogP contribution in [0.5, 0.6) is 23.0 Å². The molecule has 2 aromatic heterocycles. The van der Waals surface area contributed by atoms with Crippen molar-refractivity contribution in [3.63, 3.8) is 0 Å². The Kier molecular flexibility index (Phi) is 9.80. The summed E-state index contributed by atoms with van der Waals surface area (Å²) in [7, 11) is 6.34. The monoisotopic (exact) mass is 640 g/mol. The first-order valence-electron chi connectivity index (χ1n) is 14.5. The van der Waals surface area contributed by atoms with Crippen LogP contribution in [-0.4, -0.2) is 88.9 Å². The fourth-order valence-electron chi connectivity index (χ4n) is 5.76. The summed E-state index contributed by atoms with van der Waals surface area (Å²) in [5.74, 6) is 2.31. The Morgan fingerprint density at radius 1 is 0.956 bits per heavy atom. The van der Waals surface area contributed by atoms with Crippen molar-refractivity contribution in [1.29, 1.82) is 0 Å². The number of methoxy groups -OCH3 is 4. The van der Waals surface area contributed by atoms with E-state index in [2.05, 4.69) is 25.6 Å². The fourth-order valence-corrected chi connectivity index (χ4v) is 5.92. The highest BCUT2D eigenvalue weighted by Gasteiger charge is 2.43. The predicted octanol–water partition coefficient (Wildman–Crippen LogP) is 3.32. The highest BCUT2D eigenvalue weighted by Crippen LogP contribution is 2.38. The van der Waals surface area contributed by atoms with Gasteiger partial charge in [0.1, 0.15) is 12.2 Å². The van der Waals surface area contributed by atoms with E-state index in [0.717, 1.165) is 11.1 Å². The van der Waals surface area contributed by atoms with E-state index in [1.54, 1.807) is 39.9 Å². The maximum absolute atomic E-state index is 12.0. The molecule has 2 heterocycles. The molecule has 0 unspecified atom stereocenters. The smallest absolute Gasteiger partial charge is 0.226 e. The van der Waals surface area contributed by atoms with Gasteiger partial charge in [-0.25, -0.2) is 4.98 Å². The zero-order chi connectivity index (χ0) is 32.2. The molecular formula is C31H37ClN6O7. The van der Waals surface area contributed by atoms with Crippen LogP contribution in [0.15, 0.2) is 42.7 Å². The predicted molar refractivity (Wildman–Crippen MR) is 168 cm³/mol. The third kappa shape index (κ3) is 6.42. The molecule has 0 spiro atoms. The van der Waals surface area contributed by atoms with E-state index >= 15 is 0 Å². The number of benzene rings is 2. The SMILES string of the molecule is CCC(=O)N[C@H]1C[C@@H](n2cnc3c(NCC(c4ccc(OC)c(OC)c4)c4ccc(OC)c(OC)c4)nc(Cl)nc32)[C@H](O)[C@@H]1O. The Labute approximate surface area is 265 Å². The lowest BCUT2D eigenvalue weighted by atomic mass is 9.90. The van der Waals surface area contributed by atoms with Crippen LogP contribution in [0.4, 0.5) is 5.82 Å². The molecule has 0 aliphatic heterocycles. The quantitative estimate of drug-likeness (QED) is 0.168. The molecule has 4 atom stereocenters. The van der Waals surface area contributed by atoms with Gasteiger partial charge in [0.25, 0.3) is 0 Å². The lowest BCUT2D eigenvalue weighted by Crippen LogP contribution is -2.42. The number of halogens is 1. The molecule has 5 rings (SSSR count). The maximum atomic E-state index is 12.0. The van der Waals surface area contributed by atoms with Gasteiger partial charge in [-0.1, -0.05) is 19.1 Å². The van der Waals surface area contributed by atoms with E-state index in [0.29, 0.717) is 46.5 Å². The van der Waals surface area contributed by atoms with Crippen molar-refractivity contribution in [2.45, 2.75) is 50.0 Å². The molecule has 1 saturated carbocycles. The van der Waals surface area contributed by atoms with Crippen LogP contribution in [0.3, 0.4) is 0 Å². The molecule has 0 saturated heterocycles. The van der Waals surface area contributed by atoms with Crippen molar-refractivity contribution < 1.29 is 34.0 Å². The number of hydrogen-bond acceptors (Lipinski definition) is 11. The van der Waals surface area contributed by atoms with Gasteiger partial charge in [0.05, 0.1) is 46.9 Å². The highest BCUT2D eigenvalue weighted by atomic mass is 35.5. The molecular weight excluding hydrogens is 604 g/mol. The average molecular weight is 641 g/mol. The van der Waals surface area contributed by atoms with Crippen LogP contribution < -0.4 is 29.6 Å². The molecule has 14 heteroatoms. The third-order valence-corrected chi connectivity index (χ3v) is 8.33. The second-order valence-corrected chi connectivity index (χ2v) is 11.0. The first-order valence-corrected chi connectivity index (χ1v) is 14.8. The molecule has 13 nitrogen and oxygen atoms in total. The molecule has 1 aliphatic carbocycles. The molecule has 2 aromatic carbocycles.